The molecule has 322 valence electrons. The zero-order chi connectivity index (χ0) is 40.7. The highest BCUT2D eigenvalue weighted by Crippen LogP contribution is 2.46. The van der Waals surface area contributed by atoms with Crippen LogP contribution in [0.2, 0.25) is 0 Å². The Labute approximate surface area is 346 Å². The molecule has 0 amide bonds. The van der Waals surface area contributed by atoms with Crippen molar-refractivity contribution in [3.8, 4) is 5.75 Å². The summed E-state index contributed by atoms with van der Waals surface area (Å²) in [6.07, 6.45) is 45.1. The summed E-state index contributed by atoms with van der Waals surface area (Å²) in [6.45, 7) is 17.7. The van der Waals surface area contributed by atoms with Crippen LogP contribution in [-0.4, -0.2) is 5.11 Å². The van der Waals surface area contributed by atoms with Crippen molar-refractivity contribution in [1.29, 1.82) is 0 Å². The van der Waals surface area contributed by atoms with Crippen molar-refractivity contribution in [2.45, 2.75) is 290 Å². The summed E-state index contributed by atoms with van der Waals surface area (Å²) < 4.78 is 18.8. The van der Waals surface area contributed by atoms with Gasteiger partial charge in [-0.3, -0.25) is 4.52 Å². The normalized spacial score (nSPS) is 12.7. The Morgan fingerprint density at radius 1 is 0.436 bits per heavy atom. The lowest BCUT2D eigenvalue weighted by atomic mass is 9.74. The molecule has 1 rings (SSSR count). The second-order valence-electron chi connectivity index (χ2n) is 19.7. The van der Waals surface area contributed by atoms with E-state index in [4.69, 9.17) is 4.52 Å². The minimum Gasteiger partial charge on any atom is -0.507 e. The van der Waals surface area contributed by atoms with Crippen molar-refractivity contribution < 1.29 is 14.2 Å². The highest BCUT2D eigenvalue weighted by molar-refractivity contribution is 7.17. The van der Waals surface area contributed by atoms with E-state index in [0.717, 1.165) is 42.4 Å². The van der Waals surface area contributed by atoms with Crippen LogP contribution in [0.4, 0.5) is 0 Å². The molecule has 0 saturated heterocycles. The van der Waals surface area contributed by atoms with Gasteiger partial charge in [-0.25, -0.2) is 4.57 Å². The summed E-state index contributed by atoms with van der Waals surface area (Å²) in [7, 11) is -0.247. The molecule has 0 radical (unpaired) electrons. The molecule has 1 aromatic carbocycles. The molecule has 0 spiro atoms. The first kappa shape index (κ1) is 52.1. The Bertz CT molecular complexity index is 980. The molecule has 0 fully saturated rings. The van der Waals surface area contributed by atoms with Gasteiger partial charge in [-0.1, -0.05) is 261 Å². The molecule has 0 aromatic heterocycles. The standard InChI is InChI=1S/C51H95O3P/c1-9-11-13-15-17-19-21-23-25-27-29-31-33-35-37-39-41-51(54-55-53,45-43-46(49(3,4)5)48(52)47(44-45)50(6,7)8)42-40-38-36-34-32-30-28-26-24-22-20-18-16-14-12-10-2/h43-44,52H,9-42H2,1-8H3. The minimum atomic E-state index is -0.608. The molecule has 55 heavy (non-hydrogen) atoms. The van der Waals surface area contributed by atoms with E-state index in [2.05, 4.69) is 67.5 Å². The third-order valence-corrected chi connectivity index (χ3v) is 12.8. The van der Waals surface area contributed by atoms with E-state index in [-0.39, 0.29) is 19.5 Å². The Morgan fingerprint density at radius 3 is 0.891 bits per heavy atom. The third kappa shape index (κ3) is 24.6. The number of hydrogen-bond donors (Lipinski definition) is 1. The van der Waals surface area contributed by atoms with E-state index in [9.17, 15) is 9.67 Å². The first-order valence-corrected chi connectivity index (χ1v) is 25.0. The van der Waals surface area contributed by atoms with E-state index in [1.807, 2.05) is 0 Å². The van der Waals surface area contributed by atoms with Crippen LogP contribution in [-0.2, 0) is 25.5 Å². The molecule has 0 saturated carbocycles. The summed E-state index contributed by atoms with van der Waals surface area (Å²) >= 11 is 0. The van der Waals surface area contributed by atoms with E-state index in [1.165, 1.54) is 193 Å². The Balaban J connectivity index is 2.69. The molecular weight excluding hydrogens is 692 g/mol. The van der Waals surface area contributed by atoms with Crippen LogP contribution in [0, 0.1) is 0 Å². The van der Waals surface area contributed by atoms with Crippen molar-refractivity contribution in [1.82, 2.24) is 0 Å². The smallest absolute Gasteiger partial charge is 0.328 e. The van der Waals surface area contributed by atoms with Gasteiger partial charge in [0.2, 0.25) is 0 Å². The van der Waals surface area contributed by atoms with Crippen LogP contribution in [0.5, 0.6) is 5.75 Å². The van der Waals surface area contributed by atoms with Crippen LogP contribution in [0.25, 0.3) is 0 Å². The van der Waals surface area contributed by atoms with E-state index in [0.29, 0.717) is 5.75 Å². The van der Waals surface area contributed by atoms with Crippen molar-refractivity contribution in [3.63, 3.8) is 0 Å². The zero-order valence-corrected chi connectivity index (χ0v) is 39.3. The molecular formula is C51H95O3P. The maximum absolute atomic E-state index is 12.4. The predicted octanol–water partition coefficient (Wildman–Crippen LogP) is 18.7. The van der Waals surface area contributed by atoms with E-state index < -0.39 is 5.60 Å². The van der Waals surface area contributed by atoms with Gasteiger partial charge in [-0.05, 0) is 52.5 Å². The zero-order valence-electron chi connectivity index (χ0n) is 38.4. The average molecular weight is 787 g/mol. The monoisotopic (exact) mass is 787 g/mol. The molecule has 0 atom stereocenters. The number of hydrogen-bond acceptors (Lipinski definition) is 3. The van der Waals surface area contributed by atoms with Gasteiger partial charge in [0, 0.05) is 0 Å². The predicted molar refractivity (Wildman–Crippen MR) is 244 cm³/mol. The number of aromatic hydroxyl groups is 1. The Morgan fingerprint density at radius 2 is 0.673 bits per heavy atom. The molecule has 3 nitrogen and oxygen atoms in total. The number of benzene rings is 1. The summed E-state index contributed by atoms with van der Waals surface area (Å²) in [5.41, 5.74) is 1.98. The fraction of sp³-hybridized carbons (Fsp3) is 0.882. The minimum absolute atomic E-state index is 0.219. The van der Waals surface area contributed by atoms with Crippen molar-refractivity contribution in [2.24, 2.45) is 0 Å². The lowest BCUT2D eigenvalue weighted by Gasteiger charge is -2.36. The van der Waals surface area contributed by atoms with Crippen LogP contribution >= 0.6 is 8.69 Å². The summed E-state index contributed by atoms with van der Waals surface area (Å²) in [6, 6.07) is 4.38. The summed E-state index contributed by atoms with van der Waals surface area (Å²) in [5, 5.41) is 11.5. The van der Waals surface area contributed by atoms with Gasteiger partial charge in [-0.2, -0.15) is 0 Å². The maximum atomic E-state index is 12.4. The fourth-order valence-corrected chi connectivity index (χ4v) is 9.02. The van der Waals surface area contributed by atoms with Crippen LogP contribution < -0.4 is 0 Å². The number of rotatable bonds is 37. The van der Waals surface area contributed by atoms with Crippen molar-refractivity contribution in [2.75, 3.05) is 0 Å². The molecule has 0 aliphatic rings. The second kappa shape index (κ2) is 32.0. The van der Waals surface area contributed by atoms with E-state index in [1.54, 1.807) is 0 Å². The van der Waals surface area contributed by atoms with Crippen molar-refractivity contribution >= 4 is 8.69 Å². The second-order valence-corrected chi connectivity index (χ2v) is 20.0. The van der Waals surface area contributed by atoms with Gasteiger partial charge >= 0.3 is 8.69 Å². The first-order chi connectivity index (χ1) is 26.4. The highest BCUT2D eigenvalue weighted by atomic mass is 31.1. The largest absolute Gasteiger partial charge is 0.507 e. The molecule has 0 unspecified atom stereocenters. The summed E-state index contributed by atoms with van der Waals surface area (Å²) in [5.74, 6) is 0.405. The molecule has 4 heteroatoms. The molecule has 0 aliphatic carbocycles. The third-order valence-electron chi connectivity index (χ3n) is 12.3. The number of phenols is 1. The molecule has 0 bridgehead atoms. The molecule has 0 heterocycles. The Hall–Kier alpha value is -0.920. The fourth-order valence-electron chi connectivity index (χ4n) is 8.59. The first-order valence-electron chi connectivity index (χ1n) is 24.3. The van der Waals surface area contributed by atoms with Crippen LogP contribution in [0.1, 0.15) is 290 Å². The maximum Gasteiger partial charge on any atom is 0.328 e. The van der Waals surface area contributed by atoms with Gasteiger partial charge in [0.15, 0.2) is 0 Å². The SMILES string of the molecule is CCCCCCCCCCCCCCCCCCC(CCCCCCCCCCCCCCCCCC)(OP=O)c1cc(C(C)(C)C)c(O)c(C(C)(C)C)c1. The lowest BCUT2D eigenvalue weighted by Crippen LogP contribution is -2.29. The average Bonchev–Trinajstić information content (AvgIpc) is 3.13. The van der Waals surface area contributed by atoms with Gasteiger partial charge in [0.1, 0.15) is 11.4 Å². The van der Waals surface area contributed by atoms with Crippen LogP contribution in [0.3, 0.4) is 0 Å². The van der Waals surface area contributed by atoms with E-state index >= 15 is 0 Å². The molecule has 1 N–H and O–H groups in total. The van der Waals surface area contributed by atoms with Gasteiger partial charge in [0.05, 0.1) is 0 Å². The van der Waals surface area contributed by atoms with Gasteiger partial charge in [0.25, 0.3) is 0 Å². The highest BCUT2D eigenvalue weighted by Gasteiger charge is 2.37. The lowest BCUT2D eigenvalue weighted by molar-refractivity contribution is 0.0553. The van der Waals surface area contributed by atoms with Gasteiger partial charge in [-0.15, -0.1) is 0 Å². The quantitative estimate of drug-likeness (QED) is 0.0540. The number of phenolic OH excluding ortho intramolecular Hbond substituents is 1. The van der Waals surface area contributed by atoms with Gasteiger partial charge < -0.3 is 5.11 Å². The Kier molecular flexibility index (Phi) is 30.3. The van der Waals surface area contributed by atoms with Crippen molar-refractivity contribution in [3.05, 3.63) is 28.8 Å². The van der Waals surface area contributed by atoms with Crippen LogP contribution in [0.15, 0.2) is 12.1 Å². The summed E-state index contributed by atoms with van der Waals surface area (Å²) in [4.78, 5) is 0. The molecule has 0 aliphatic heterocycles. The topological polar surface area (TPSA) is 46.5 Å². The number of unbranched alkanes of at least 4 members (excludes halogenated alkanes) is 30. The molecule has 1 aromatic rings.